The molecule has 0 aliphatic carbocycles. The molecule has 0 bridgehead atoms. The van der Waals surface area contributed by atoms with Gasteiger partial charge in [-0.25, -0.2) is 9.59 Å². The average molecular weight is 223 g/mol. The van der Waals surface area contributed by atoms with E-state index >= 15 is 0 Å². The van der Waals surface area contributed by atoms with E-state index in [0.717, 1.165) is 0 Å². The predicted octanol–water partition coefficient (Wildman–Crippen LogP) is 1.56. The molecular weight excluding hydrogens is 210 g/mol. The SMILES string of the molecule is CCOC(=O)N[C@@H](C(=O)O)c1ccccc1. The van der Waals surface area contributed by atoms with Crippen LogP contribution in [0.25, 0.3) is 0 Å². The Kier molecular flexibility index (Phi) is 4.32. The van der Waals surface area contributed by atoms with Crippen LogP contribution in [-0.2, 0) is 9.53 Å². The van der Waals surface area contributed by atoms with E-state index in [1.54, 1.807) is 37.3 Å². The standard InChI is InChI=1S/C11H13NO4/c1-2-16-11(15)12-9(10(13)14)8-6-4-3-5-7-8/h3-7,9H,2H2,1H3,(H,12,15)(H,13,14)/t9-/m1/s1. The highest BCUT2D eigenvalue weighted by Crippen LogP contribution is 2.12. The number of alkyl carbamates (subject to hydrolysis) is 1. The van der Waals surface area contributed by atoms with E-state index in [2.05, 4.69) is 10.1 Å². The summed E-state index contributed by atoms with van der Waals surface area (Å²) in [6.07, 6.45) is -0.737. The fraction of sp³-hybridized carbons (Fsp3) is 0.273. The number of amides is 1. The zero-order valence-electron chi connectivity index (χ0n) is 8.84. The second kappa shape index (κ2) is 5.75. The highest BCUT2D eigenvalue weighted by atomic mass is 16.5. The summed E-state index contributed by atoms with van der Waals surface area (Å²) >= 11 is 0. The molecule has 0 saturated carbocycles. The zero-order valence-corrected chi connectivity index (χ0v) is 8.84. The maximum atomic E-state index is 11.1. The molecule has 0 radical (unpaired) electrons. The summed E-state index contributed by atoms with van der Waals surface area (Å²) in [5.74, 6) is -1.13. The number of carbonyl (C=O) groups is 2. The summed E-state index contributed by atoms with van der Waals surface area (Å²) in [6, 6.07) is 7.36. The van der Waals surface area contributed by atoms with Crippen molar-refractivity contribution in [2.75, 3.05) is 6.61 Å². The van der Waals surface area contributed by atoms with Crippen molar-refractivity contribution >= 4 is 12.1 Å². The first-order valence-electron chi connectivity index (χ1n) is 4.86. The number of hydrogen-bond acceptors (Lipinski definition) is 3. The van der Waals surface area contributed by atoms with Crippen molar-refractivity contribution in [3.63, 3.8) is 0 Å². The number of nitrogens with one attached hydrogen (secondary N) is 1. The molecule has 0 saturated heterocycles. The van der Waals surface area contributed by atoms with Crippen LogP contribution < -0.4 is 5.32 Å². The van der Waals surface area contributed by atoms with Gasteiger partial charge in [0.15, 0.2) is 6.04 Å². The molecule has 0 unspecified atom stereocenters. The van der Waals surface area contributed by atoms with Crippen LogP contribution in [0.5, 0.6) is 0 Å². The molecule has 5 heteroatoms. The Morgan fingerprint density at radius 1 is 1.38 bits per heavy atom. The van der Waals surface area contributed by atoms with E-state index in [4.69, 9.17) is 5.11 Å². The number of rotatable bonds is 4. The van der Waals surface area contributed by atoms with E-state index in [1.165, 1.54) is 0 Å². The van der Waals surface area contributed by atoms with Gasteiger partial charge in [-0.05, 0) is 12.5 Å². The normalized spacial score (nSPS) is 11.6. The van der Waals surface area contributed by atoms with Crippen LogP contribution in [0.2, 0.25) is 0 Å². The highest BCUT2D eigenvalue weighted by molar-refractivity contribution is 5.81. The first-order valence-corrected chi connectivity index (χ1v) is 4.86. The topological polar surface area (TPSA) is 75.6 Å². The van der Waals surface area contributed by atoms with Crippen molar-refractivity contribution in [1.82, 2.24) is 5.32 Å². The Morgan fingerprint density at radius 3 is 2.50 bits per heavy atom. The first kappa shape index (κ1) is 12.0. The van der Waals surface area contributed by atoms with Gasteiger partial charge in [0.25, 0.3) is 0 Å². The first-order chi connectivity index (χ1) is 7.65. The van der Waals surface area contributed by atoms with Crippen LogP contribution in [0.3, 0.4) is 0 Å². The molecular formula is C11H13NO4. The van der Waals surface area contributed by atoms with Gasteiger partial charge in [-0.1, -0.05) is 30.3 Å². The van der Waals surface area contributed by atoms with Crippen LogP contribution >= 0.6 is 0 Å². The summed E-state index contributed by atoms with van der Waals surface area (Å²) in [4.78, 5) is 22.1. The molecule has 2 N–H and O–H groups in total. The van der Waals surface area contributed by atoms with Crippen molar-refractivity contribution in [3.8, 4) is 0 Å². The Balaban J connectivity index is 2.77. The van der Waals surface area contributed by atoms with Gasteiger partial charge in [0.1, 0.15) is 0 Å². The van der Waals surface area contributed by atoms with Gasteiger partial charge in [-0.3, -0.25) is 0 Å². The van der Waals surface area contributed by atoms with E-state index in [-0.39, 0.29) is 6.61 Å². The minimum atomic E-state index is -1.13. The molecule has 1 atom stereocenters. The molecule has 1 aromatic rings. The molecule has 16 heavy (non-hydrogen) atoms. The van der Waals surface area contributed by atoms with Gasteiger partial charge in [0.05, 0.1) is 6.61 Å². The maximum Gasteiger partial charge on any atom is 0.408 e. The summed E-state index contributed by atoms with van der Waals surface area (Å²) in [5.41, 5.74) is 0.503. The van der Waals surface area contributed by atoms with E-state index in [9.17, 15) is 9.59 Å². The number of benzene rings is 1. The van der Waals surface area contributed by atoms with Crippen LogP contribution in [0.15, 0.2) is 30.3 Å². The van der Waals surface area contributed by atoms with Crippen molar-refractivity contribution in [1.29, 1.82) is 0 Å². The van der Waals surface area contributed by atoms with Gasteiger partial charge in [0, 0.05) is 0 Å². The van der Waals surface area contributed by atoms with E-state index in [1.807, 2.05) is 0 Å². The van der Waals surface area contributed by atoms with E-state index in [0.29, 0.717) is 5.56 Å². The lowest BCUT2D eigenvalue weighted by atomic mass is 10.1. The van der Waals surface area contributed by atoms with Gasteiger partial charge < -0.3 is 15.2 Å². The molecule has 1 rings (SSSR count). The third kappa shape index (κ3) is 3.27. The van der Waals surface area contributed by atoms with E-state index < -0.39 is 18.1 Å². The van der Waals surface area contributed by atoms with Crippen LogP contribution in [0, 0.1) is 0 Å². The molecule has 0 heterocycles. The molecule has 0 aromatic heterocycles. The van der Waals surface area contributed by atoms with Crippen LogP contribution in [0.1, 0.15) is 18.5 Å². The molecule has 0 fully saturated rings. The molecule has 0 aliphatic rings. The van der Waals surface area contributed by atoms with Crippen molar-refractivity contribution < 1.29 is 19.4 Å². The fourth-order valence-electron chi connectivity index (χ4n) is 1.22. The number of carboxylic acids is 1. The monoisotopic (exact) mass is 223 g/mol. The number of ether oxygens (including phenoxy) is 1. The quantitative estimate of drug-likeness (QED) is 0.812. The van der Waals surface area contributed by atoms with Crippen molar-refractivity contribution in [2.45, 2.75) is 13.0 Å². The fourth-order valence-corrected chi connectivity index (χ4v) is 1.22. The molecule has 5 nitrogen and oxygen atoms in total. The number of hydrogen-bond donors (Lipinski definition) is 2. The number of carbonyl (C=O) groups excluding carboxylic acids is 1. The molecule has 0 aliphatic heterocycles. The third-order valence-electron chi connectivity index (χ3n) is 1.92. The second-order valence-electron chi connectivity index (χ2n) is 3.05. The van der Waals surface area contributed by atoms with Crippen LogP contribution in [-0.4, -0.2) is 23.8 Å². The minimum absolute atomic E-state index is 0.201. The molecule has 0 spiro atoms. The zero-order chi connectivity index (χ0) is 12.0. The molecule has 1 aromatic carbocycles. The highest BCUT2D eigenvalue weighted by Gasteiger charge is 2.21. The predicted molar refractivity (Wildman–Crippen MR) is 57.0 cm³/mol. The summed E-state index contributed by atoms with van der Waals surface area (Å²) in [6.45, 7) is 1.85. The summed E-state index contributed by atoms with van der Waals surface area (Å²) in [5, 5.41) is 11.2. The molecule has 86 valence electrons. The average Bonchev–Trinajstić information content (AvgIpc) is 2.27. The van der Waals surface area contributed by atoms with Crippen LogP contribution in [0.4, 0.5) is 4.79 Å². The Labute approximate surface area is 93.0 Å². The second-order valence-corrected chi connectivity index (χ2v) is 3.05. The lowest BCUT2D eigenvalue weighted by Crippen LogP contribution is -2.34. The summed E-state index contributed by atoms with van der Waals surface area (Å²) in [7, 11) is 0. The molecule has 1 amide bonds. The minimum Gasteiger partial charge on any atom is -0.479 e. The van der Waals surface area contributed by atoms with Gasteiger partial charge >= 0.3 is 12.1 Å². The van der Waals surface area contributed by atoms with Gasteiger partial charge in [0.2, 0.25) is 0 Å². The maximum absolute atomic E-state index is 11.1. The number of carboxylic acid groups (broad SMARTS) is 1. The van der Waals surface area contributed by atoms with Crippen molar-refractivity contribution in [3.05, 3.63) is 35.9 Å². The third-order valence-corrected chi connectivity index (χ3v) is 1.92. The lowest BCUT2D eigenvalue weighted by Gasteiger charge is -2.14. The van der Waals surface area contributed by atoms with Crippen molar-refractivity contribution in [2.24, 2.45) is 0 Å². The lowest BCUT2D eigenvalue weighted by molar-refractivity contribution is -0.139. The van der Waals surface area contributed by atoms with Gasteiger partial charge in [-0.2, -0.15) is 0 Å². The Morgan fingerprint density at radius 2 is 2.00 bits per heavy atom. The largest absolute Gasteiger partial charge is 0.479 e. The number of aliphatic carboxylic acids is 1. The van der Waals surface area contributed by atoms with Gasteiger partial charge in [-0.15, -0.1) is 0 Å². The summed E-state index contributed by atoms with van der Waals surface area (Å²) < 4.78 is 4.63. The Bertz CT molecular complexity index is 364. The smallest absolute Gasteiger partial charge is 0.408 e. The Hall–Kier alpha value is -2.04.